The van der Waals surface area contributed by atoms with E-state index in [0.29, 0.717) is 15.8 Å². The first-order chi connectivity index (χ1) is 13.2. The van der Waals surface area contributed by atoms with Gasteiger partial charge in [0.2, 0.25) is 0 Å². The maximum atomic E-state index is 12.5. The SMILES string of the molecule is NC(=O)c1cc(NS(=O)(=O)c2ccc(Cl)cc2)ccc1Oc1cncc(Cl)c1. The van der Waals surface area contributed by atoms with Gasteiger partial charge in [-0.25, -0.2) is 8.42 Å². The van der Waals surface area contributed by atoms with Gasteiger partial charge >= 0.3 is 0 Å². The number of carbonyl (C=O) groups is 1. The number of aromatic nitrogens is 1. The molecule has 3 aromatic rings. The van der Waals surface area contributed by atoms with Gasteiger partial charge < -0.3 is 10.5 Å². The van der Waals surface area contributed by atoms with Crippen molar-refractivity contribution < 1.29 is 17.9 Å². The molecule has 0 aliphatic rings. The van der Waals surface area contributed by atoms with Gasteiger partial charge in [0.25, 0.3) is 15.9 Å². The molecule has 10 heteroatoms. The minimum absolute atomic E-state index is 0.0165. The highest BCUT2D eigenvalue weighted by atomic mass is 35.5. The fraction of sp³-hybridized carbons (Fsp3) is 0. The predicted molar refractivity (Wildman–Crippen MR) is 107 cm³/mol. The Morgan fingerprint density at radius 1 is 1.00 bits per heavy atom. The fourth-order valence-electron chi connectivity index (χ4n) is 2.28. The van der Waals surface area contributed by atoms with E-state index in [1.165, 1.54) is 60.9 Å². The number of halogens is 2. The number of benzene rings is 2. The molecule has 0 unspecified atom stereocenters. The number of carbonyl (C=O) groups excluding carboxylic acids is 1. The number of nitrogens with zero attached hydrogens (tertiary/aromatic N) is 1. The highest BCUT2D eigenvalue weighted by Crippen LogP contribution is 2.29. The van der Waals surface area contributed by atoms with Crippen LogP contribution in [0.1, 0.15) is 10.4 Å². The van der Waals surface area contributed by atoms with Crippen molar-refractivity contribution >= 4 is 44.8 Å². The van der Waals surface area contributed by atoms with E-state index < -0.39 is 15.9 Å². The molecule has 0 bridgehead atoms. The van der Waals surface area contributed by atoms with Gasteiger partial charge in [0.1, 0.15) is 11.5 Å². The van der Waals surface area contributed by atoms with E-state index in [-0.39, 0.29) is 21.9 Å². The zero-order chi connectivity index (χ0) is 20.3. The zero-order valence-electron chi connectivity index (χ0n) is 14.1. The van der Waals surface area contributed by atoms with Gasteiger partial charge in [-0.15, -0.1) is 0 Å². The lowest BCUT2D eigenvalue weighted by Gasteiger charge is -2.13. The summed E-state index contributed by atoms with van der Waals surface area (Å²) in [5.74, 6) is -0.368. The van der Waals surface area contributed by atoms with Gasteiger partial charge in [-0.1, -0.05) is 23.2 Å². The second-order valence-electron chi connectivity index (χ2n) is 5.58. The van der Waals surface area contributed by atoms with Gasteiger partial charge in [0, 0.05) is 23.0 Å². The molecule has 0 atom stereocenters. The van der Waals surface area contributed by atoms with E-state index in [9.17, 15) is 13.2 Å². The van der Waals surface area contributed by atoms with Crippen LogP contribution in [0.2, 0.25) is 10.0 Å². The molecule has 28 heavy (non-hydrogen) atoms. The molecule has 1 heterocycles. The van der Waals surface area contributed by atoms with Crippen molar-refractivity contribution in [2.24, 2.45) is 5.73 Å². The number of anilines is 1. The molecule has 0 radical (unpaired) electrons. The smallest absolute Gasteiger partial charge is 0.261 e. The third kappa shape index (κ3) is 4.72. The van der Waals surface area contributed by atoms with Crippen molar-refractivity contribution in [2.75, 3.05) is 4.72 Å². The average Bonchev–Trinajstić information content (AvgIpc) is 2.63. The lowest BCUT2D eigenvalue weighted by Crippen LogP contribution is -2.15. The van der Waals surface area contributed by atoms with Gasteiger partial charge in [0.15, 0.2) is 0 Å². The summed E-state index contributed by atoms with van der Waals surface area (Å²) in [6.45, 7) is 0. The molecule has 3 N–H and O–H groups in total. The van der Waals surface area contributed by atoms with Crippen LogP contribution in [0.5, 0.6) is 11.5 Å². The maximum absolute atomic E-state index is 12.5. The number of primary amides is 1. The number of pyridine rings is 1. The van der Waals surface area contributed by atoms with E-state index in [2.05, 4.69) is 9.71 Å². The van der Waals surface area contributed by atoms with Crippen LogP contribution in [0.15, 0.2) is 65.8 Å². The Hall–Kier alpha value is -2.81. The number of hydrogen-bond donors (Lipinski definition) is 2. The summed E-state index contributed by atoms with van der Waals surface area (Å²) < 4.78 is 32.9. The van der Waals surface area contributed by atoms with Crippen LogP contribution in [0.3, 0.4) is 0 Å². The summed E-state index contributed by atoms with van der Waals surface area (Å²) in [4.78, 5) is 15.7. The molecule has 0 spiro atoms. The summed E-state index contributed by atoms with van der Waals surface area (Å²) in [7, 11) is -3.88. The summed E-state index contributed by atoms with van der Waals surface area (Å²) in [5, 5.41) is 0.762. The minimum atomic E-state index is -3.88. The number of hydrogen-bond acceptors (Lipinski definition) is 5. The van der Waals surface area contributed by atoms with Crippen LogP contribution in [-0.2, 0) is 10.0 Å². The molecule has 3 rings (SSSR count). The van der Waals surface area contributed by atoms with Gasteiger partial charge in [-0.2, -0.15) is 0 Å². The lowest BCUT2D eigenvalue weighted by atomic mass is 10.1. The molecule has 1 amide bonds. The number of rotatable bonds is 6. The quantitative estimate of drug-likeness (QED) is 0.603. The Balaban J connectivity index is 1.90. The maximum Gasteiger partial charge on any atom is 0.261 e. The normalized spacial score (nSPS) is 11.1. The van der Waals surface area contributed by atoms with Crippen molar-refractivity contribution in [3.63, 3.8) is 0 Å². The first kappa shape index (κ1) is 19.9. The van der Waals surface area contributed by atoms with Gasteiger partial charge in [0.05, 0.1) is 21.7 Å². The largest absolute Gasteiger partial charge is 0.455 e. The van der Waals surface area contributed by atoms with Gasteiger partial charge in [-0.05, 0) is 42.5 Å². The Bertz CT molecular complexity index is 1140. The third-order valence-electron chi connectivity index (χ3n) is 3.53. The molecule has 144 valence electrons. The predicted octanol–water partition coefficient (Wildman–Crippen LogP) is 4.08. The molecule has 0 saturated heterocycles. The number of nitrogens with one attached hydrogen (secondary N) is 1. The highest BCUT2D eigenvalue weighted by Gasteiger charge is 2.17. The molecular formula is C18H13Cl2N3O4S. The monoisotopic (exact) mass is 437 g/mol. The third-order valence-corrected chi connectivity index (χ3v) is 5.38. The second-order valence-corrected chi connectivity index (χ2v) is 8.13. The molecule has 2 aromatic carbocycles. The molecule has 0 saturated carbocycles. The average molecular weight is 438 g/mol. The first-order valence-electron chi connectivity index (χ1n) is 7.75. The summed E-state index contributed by atoms with van der Waals surface area (Å²) in [6.07, 6.45) is 2.84. The van der Waals surface area contributed by atoms with E-state index in [0.717, 1.165) is 0 Å². The minimum Gasteiger partial charge on any atom is -0.455 e. The summed E-state index contributed by atoms with van der Waals surface area (Å²) >= 11 is 11.6. The van der Waals surface area contributed by atoms with E-state index in [1.807, 2.05) is 0 Å². The number of amides is 1. The Labute approximate surface area is 171 Å². The van der Waals surface area contributed by atoms with Crippen molar-refractivity contribution in [3.05, 3.63) is 76.5 Å². The zero-order valence-corrected chi connectivity index (χ0v) is 16.4. The van der Waals surface area contributed by atoms with Crippen LogP contribution < -0.4 is 15.2 Å². The molecular weight excluding hydrogens is 425 g/mol. The standard InChI is InChI=1S/C18H13Cl2N3O4S/c19-11-1-4-15(5-2-11)28(25,26)23-13-3-6-17(16(8-13)18(21)24)27-14-7-12(20)9-22-10-14/h1-10,23H,(H2,21,24). The van der Waals surface area contributed by atoms with Crippen LogP contribution >= 0.6 is 23.2 Å². The second kappa shape index (κ2) is 8.05. The van der Waals surface area contributed by atoms with Crippen LogP contribution in [0.4, 0.5) is 5.69 Å². The summed E-state index contributed by atoms with van der Waals surface area (Å²) in [5.41, 5.74) is 5.53. The topological polar surface area (TPSA) is 111 Å². The number of ether oxygens (including phenoxy) is 1. The van der Waals surface area contributed by atoms with E-state index >= 15 is 0 Å². The summed E-state index contributed by atoms with van der Waals surface area (Å²) in [6, 6.07) is 11.3. The number of nitrogens with two attached hydrogens (primary N) is 1. The van der Waals surface area contributed by atoms with E-state index in [1.54, 1.807) is 0 Å². The Morgan fingerprint density at radius 2 is 1.71 bits per heavy atom. The Kier molecular flexibility index (Phi) is 5.73. The van der Waals surface area contributed by atoms with Crippen LogP contribution in [0.25, 0.3) is 0 Å². The fourth-order valence-corrected chi connectivity index (χ4v) is 3.62. The highest BCUT2D eigenvalue weighted by molar-refractivity contribution is 7.92. The molecule has 7 nitrogen and oxygen atoms in total. The molecule has 0 aliphatic carbocycles. The van der Waals surface area contributed by atoms with Crippen molar-refractivity contribution in [3.8, 4) is 11.5 Å². The van der Waals surface area contributed by atoms with Crippen molar-refractivity contribution in [2.45, 2.75) is 4.90 Å². The lowest BCUT2D eigenvalue weighted by molar-refractivity contribution is 0.0998. The molecule has 1 aromatic heterocycles. The Morgan fingerprint density at radius 3 is 2.36 bits per heavy atom. The number of sulfonamides is 1. The first-order valence-corrected chi connectivity index (χ1v) is 9.99. The van der Waals surface area contributed by atoms with Crippen molar-refractivity contribution in [1.82, 2.24) is 4.98 Å². The van der Waals surface area contributed by atoms with Crippen LogP contribution in [-0.4, -0.2) is 19.3 Å². The van der Waals surface area contributed by atoms with Crippen molar-refractivity contribution in [1.29, 1.82) is 0 Å². The molecule has 0 fully saturated rings. The van der Waals surface area contributed by atoms with Gasteiger partial charge in [-0.3, -0.25) is 14.5 Å². The van der Waals surface area contributed by atoms with E-state index in [4.69, 9.17) is 33.7 Å². The van der Waals surface area contributed by atoms with Crippen LogP contribution in [0, 0.1) is 0 Å². The molecule has 0 aliphatic heterocycles.